The lowest BCUT2D eigenvalue weighted by atomic mass is 9.96. The highest BCUT2D eigenvalue weighted by Gasteiger charge is 2.16. The van der Waals surface area contributed by atoms with E-state index in [0.717, 1.165) is 11.5 Å². The van der Waals surface area contributed by atoms with Crippen LogP contribution in [0, 0.1) is 5.92 Å². The van der Waals surface area contributed by atoms with E-state index in [1.54, 1.807) is 6.33 Å². The molecule has 0 amide bonds. The van der Waals surface area contributed by atoms with E-state index >= 15 is 0 Å². The van der Waals surface area contributed by atoms with Gasteiger partial charge in [-0.05, 0) is 23.6 Å². The lowest BCUT2D eigenvalue weighted by Gasteiger charge is -2.23. The molecule has 0 bridgehead atoms. The van der Waals surface area contributed by atoms with Crippen molar-refractivity contribution in [3.63, 3.8) is 0 Å². The Morgan fingerprint density at radius 1 is 0.957 bits per heavy atom. The van der Waals surface area contributed by atoms with Crippen molar-refractivity contribution in [3.8, 4) is 5.69 Å². The predicted octanol–water partition coefficient (Wildman–Crippen LogP) is 3.75. The van der Waals surface area contributed by atoms with Gasteiger partial charge in [-0.15, -0.1) is 10.2 Å². The van der Waals surface area contributed by atoms with Crippen molar-refractivity contribution in [1.29, 1.82) is 0 Å². The minimum Gasteiger partial charge on any atom is -0.303 e. The van der Waals surface area contributed by atoms with Crippen LogP contribution in [0.1, 0.15) is 31.3 Å². The molecule has 23 heavy (non-hydrogen) atoms. The van der Waals surface area contributed by atoms with E-state index in [1.165, 1.54) is 5.56 Å². The fraction of sp³-hybridized carbons (Fsp3) is 0.263. The molecule has 1 heterocycles. The van der Waals surface area contributed by atoms with Crippen LogP contribution in [0.3, 0.4) is 0 Å². The third-order valence-electron chi connectivity index (χ3n) is 3.96. The molecule has 0 aliphatic rings. The van der Waals surface area contributed by atoms with Crippen molar-refractivity contribution in [2.45, 2.75) is 26.4 Å². The highest BCUT2D eigenvalue weighted by atomic mass is 15.3. The van der Waals surface area contributed by atoms with E-state index in [9.17, 15) is 0 Å². The van der Waals surface area contributed by atoms with E-state index in [1.807, 2.05) is 28.8 Å². The van der Waals surface area contributed by atoms with Crippen LogP contribution in [-0.4, -0.2) is 14.8 Å². The minimum atomic E-state index is 0.289. The second kappa shape index (κ2) is 7.20. The van der Waals surface area contributed by atoms with Crippen LogP contribution in [0.25, 0.3) is 5.69 Å². The van der Waals surface area contributed by atoms with Crippen molar-refractivity contribution in [2.75, 3.05) is 0 Å². The Bertz CT molecular complexity index is 719. The molecule has 4 heteroatoms. The van der Waals surface area contributed by atoms with Crippen molar-refractivity contribution in [2.24, 2.45) is 5.92 Å². The Labute approximate surface area is 137 Å². The molecule has 2 aromatic carbocycles. The Hall–Kier alpha value is -2.46. The molecule has 0 radical (unpaired) electrons. The molecule has 0 aliphatic carbocycles. The van der Waals surface area contributed by atoms with Crippen molar-refractivity contribution in [1.82, 2.24) is 20.1 Å². The van der Waals surface area contributed by atoms with Crippen LogP contribution < -0.4 is 5.32 Å². The molecule has 3 rings (SSSR count). The maximum Gasteiger partial charge on any atom is 0.151 e. The summed E-state index contributed by atoms with van der Waals surface area (Å²) in [7, 11) is 0. The normalized spacial score (nSPS) is 12.5. The molecule has 1 N–H and O–H groups in total. The summed E-state index contributed by atoms with van der Waals surface area (Å²) in [5.74, 6) is 1.41. The first kappa shape index (κ1) is 15.4. The monoisotopic (exact) mass is 306 g/mol. The molecule has 4 nitrogen and oxygen atoms in total. The van der Waals surface area contributed by atoms with Gasteiger partial charge in [0.25, 0.3) is 0 Å². The van der Waals surface area contributed by atoms with Gasteiger partial charge in [0, 0.05) is 11.7 Å². The van der Waals surface area contributed by atoms with E-state index in [0.29, 0.717) is 12.5 Å². The fourth-order valence-corrected chi connectivity index (χ4v) is 2.78. The molecule has 0 fully saturated rings. The molecule has 3 aromatic rings. The summed E-state index contributed by atoms with van der Waals surface area (Å²) in [6.07, 6.45) is 1.76. The summed E-state index contributed by atoms with van der Waals surface area (Å²) in [5, 5.41) is 12.0. The second-order valence-electron chi connectivity index (χ2n) is 5.97. The molecule has 0 saturated carbocycles. The van der Waals surface area contributed by atoms with Gasteiger partial charge in [0.2, 0.25) is 0 Å². The Kier molecular flexibility index (Phi) is 4.83. The van der Waals surface area contributed by atoms with Crippen LogP contribution in [0.2, 0.25) is 0 Å². The molecule has 0 aliphatic heterocycles. The zero-order valence-electron chi connectivity index (χ0n) is 13.6. The fourth-order valence-electron chi connectivity index (χ4n) is 2.78. The summed E-state index contributed by atoms with van der Waals surface area (Å²) in [6.45, 7) is 5.13. The van der Waals surface area contributed by atoms with Gasteiger partial charge in [-0.2, -0.15) is 0 Å². The third-order valence-corrected chi connectivity index (χ3v) is 3.96. The van der Waals surface area contributed by atoms with Crippen LogP contribution in [0.5, 0.6) is 0 Å². The minimum absolute atomic E-state index is 0.289. The number of nitrogens with zero attached hydrogens (tertiary/aromatic N) is 3. The van der Waals surface area contributed by atoms with E-state index < -0.39 is 0 Å². The summed E-state index contributed by atoms with van der Waals surface area (Å²) in [5.41, 5.74) is 2.38. The molecule has 118 valence electrons. The predicted molar refractivity (Wildman–Crippen MR) is 92.2 cm³/mol. The Morgan fingerprint density at radius 3 is 2.26 bits per heavy atom. The summed E-state index contributed by atoms with van der Waals surface area (Å²) >= 11 is 0. The van der Waals surface area contributed by atoms with Crippen LogP contribution in [0.4, 0.5) is 0 Å². The van der Waals surface area contributed by atoms with Gasteiger partial charge in [-0.3, -0.25) is 4.57 Å². The van der Waals surface area contributed by atoms with Gasteiger partial charge >= 0.3 is 0 Å². The Balaban J connectivity index is 1.77. The number of hydrogen-bond acceptors (Lipinski definition) is 3. The highest BCUT2D eigenvalue weighted by Crippen LogP contribution is 2.22. The van der Waals surface area contributed by atoms with Gasteiger partial charge < -0.3 is 5.32 Å². The topological polar surface area (TPSA) is 42.7 Å². The van der Waals surface area contributed by atoms with E-state index in [-0.39, 0.29) is 6.04 Å². The number of aromatic nitrogens is 3. The smallest absolute Gasteiger partial charge is 0.151 e. The van der Waals surface area contributed by atoms with Crippen LogP contribution >= 0.6 is 0 Å². The lowest BCUT2D eigenvalue weighted by molar-refractivity contribution is 0.404. The molecular weight excluding hydrogens is 284 g/mol. The van der Waals surface area contributed by atoms with E-state index in [4.69, 9.17) is 0 Å². The van der Waals surface area contributed by atoms with Gasteiger partial charge in [0.05, 0.1) is 6.54 Å². The number of benzene rings is 2. The lowest BCUT2D eigenvalue weighted by Crippen LogP contribution is -2.26. The summed E-state index contributed by atoms with van der Waals surface area (Å²) in [6, 6.07) is 21.0. The summed E-state index contributed by atoms with van der Waals surface area (Å²) in [4.78, 5) is 0. The van der Waals surface area contributed by atoms with Crippen LogP contribution in [0.15, 0.2) is 67.0 Å². The zero-order valence-corrected chi connectivity index (χ0v) is 13.6. The molecule has 0 spiro atoms. The van der Waals surface area contributed by atoms with Crippen LogP contribution in [-0.2, 0) is 6.54 Å². The van der Waals surface area contributed by atoms with Crippen molar-refractivity contribution >= 4 is 0 Å². The summed E-state index contributed by atoms with van der Waals surface area (Å²) < 4.78 is 2.02. The van der Waals surface area contributed by atoms with Gasteiger partial charge in [-0.25, -0.2) is 0 Å². The van der Waals surface area contributed by atoms with Gasteiger partial charge in [0.15, 0.2) is 5.82 Å². The third kappa shape index (κ3) is 3.66. The largest absolute Gasteiger partial charge is 0.303 e. The second-order valence-corrected chi connectivity index (χ2v) is 5.97. The first-order valence-electron chi connectivity index (χ1n) is 7.98. The Morgan fingerprint density at radius 2 is 1.61 bits per heavy atom. The highest BCUT2D eigenvalue weighted by molar-refractivity contribution is 5.32. The first-order chi connectivity index (χ1) is 11.3. The molecule has 1 atom stereocenters. The first-order valence-corrected chi connectivity index (χ1v) is 7.98. The van der Waals surface area contributed by atoms with Crippen molar-refractivity contribution in [3.05, 3.63) is 78.4 Å². The maximum atomic E-state index is 4.27. The molecule has 0 unspecified atom stereocenters. The average molecular weight is 306 g/mol. The maximum absolute atomic E-state index is 4.27. The molecule has 1 aromatic heterocycles. The van der Waals surface area contributed by atoms with E-state index in [2.05, 4.69) is 65.8 Å². The number of rotatable bonds is 6. The number of nitrogens with one attached hydrogen (secondary N) is 1. The standard InChI is InChI=1S/C19H22N4/c1-15(2)19(16-9-5-3-6-10-16)20-13-18-22-21-14-23(18)17-11-7-4-8-12-17/h3-12,14-15,19-20H,13H2,1-2H3/t19-/m0/s1. The average Bonchev–Trinajstić information content (AvgIpc) is 3.05. The van der Waals surface area contributed by atoms with Gasteiger partial charge in [0.1, 0.15) is 6.33 Å². The molecular formula is C19H22N4. The zero-order chi connectivity index (χ0) is 16.1. The van der Waals surface area contributed by atoms with Crippen molar-refractivity contribution < 1.29 is 0 Å². The number of para-hydroxylation sites is 1. The van der Waals surface area contributed by atoms with Gasteiger partial charge in [-0.1, -0.05) is 62.4 Å². The number of hydrogen-bond donors (Lipinski definition) is 1. The quantitative estimate of drug-likeness (QED) is 0.754. The molecule has 0 saturated heterocycles. The SMILES string of the molecule is CC(C)[C@H](NCc1nncn1-c1ccccc1)c1ccccc1.